The molecule has 0 radical (unpaired) electrons. The van der Waals surface area contributed by atoms with Gasteiger partial charge in [-0.2, -0.15) is 8.78 Å². The van der Waals surface area contributed by atoms with Crippen LogP contribution >= 0.6 is 15.9 Å². The number of imidazole rings is 1. The van der Waals surface area contributed by atoms with Gasteiger partial charge in [-0.1, -0.05) is 34.1 Å². The molecule has 2 aliphatic heterocycles. The molecule has 0 saturated carbocycles. The van der Waals surface area contributed by atoms with Gasteiger partial charge in [0.05, 0.1) is 44.8 Å². The molecule has 1 aromatic heterocycles. The number of carbonyl (C=O) groups excluding carboxylic acids is 2. The molecule has 2 saturated heterocycles. The molecule has 12 heteroatoms. The number of fused-ring (bicyclic) bond motifs is 3. The summed E-state index contributed by atoms with van der Waals surface area (Å²) in [6.07, 6.45) is 1.17. The van der Waals surface area contributed by atoms with Gasteiger partial charge in [0.25, 0.3) is 5.92 Å². The van der Waals surface area contributed by atoms with Gasteiger partial charge in [0.2, 0.25) is 5.91 Å². The van der Waals surface area contributed by atoms with Crippen molar-refractivity contribution in [2.45, 2.75) is 24.2 Å². The number of ether oxygens (including phenoxy) is 3. The number of benzene rings is 2. The Labute approximate surface area is 224 Å². The molecule has 6 rings (SSSR count). The van der Waals surface area contributed by atoms with Crippen molar-refractivity contribution in [1.82, 2.24) is 20.2 Å². The highest BCUT2D eigenvalue weighted by molar-refractivity contribution is 9.10. The van der Waals surface area contributed by atoms with Gasteiger partial charge in [0.15, 0.2) is 5.79 Å². The summed E-state index contributed by atoms with van der Waals surface area (Å²) >= 11 is 3.29. The average Bonchev–Trinajstić information content (AvgIpc) is 3.69. The van der Waals surface area contributed by atoms with Gasteiger partial charge in [-0.25, -0.2) is 9.78 Å². The Morgan fingerprint density at radius 1 is 1.18 bits per heavy atom. The largest absolute Gasteiger partial charge is 0.453 e. The number of amides is 2. The zero-order chi connectivity index (χ0) is 26.7. The van der Waals surface area contributed by atoms with Crippen LogP contribution in [0.3, 0.4) is 0 Å². The summed E-state index contributed by atoms with van der Waals surface area (Å²) in [5.41, 5.74) is 1.96. The molecule has 1 spiro atoms. The minimum atomic E-state index is -3.14. The SMILES string of the molecule is COC(=O)NCC(=O)N1CC2(CC1c1ncc(-c3ccc4c(c3)C(F)(F)c3cc(Br)ccc3-4)[nH]1)OCCO2. The van der Waals surface area contributed by atoms with E-state index < -0.39 is 23.8 Å². The van der Waals surface area contributed by atoms with Gasteiger partial charge in [0.1, 0.15) is 12.4 Å². The molecule has 3 aliphatic rings. The predicted octanol–water partition coefficient (Wildman–Crippen LogP) is 4.33. The van der Waals surface area contributed by atoms with Crippen LogP contribution in [0.2, 0.25) is 0 Å². The lowest BCUT2D eigenvalue weighted by molar-refractivity contribution is -0.152. The lowest BCUT2D eigenvalue weighted by Crippen LogP contribution is -2.42. The highest BCUT2D eigenvalue weighted by atomic mass is 79.9. The lowest BCUT2D eigenvalue weighted by Gasteiger charge is -2.23. The first kappa shape index (κ1) is 25.0. The molecule has 9 nitrogen and oxygen atoms in total. The summed E-state index contributed by atoms with van der Waals surface area (Å²) in [5, 5.41) is 2.40. The molecular formula is C26H23BrF2N4O5. The average molecular weight is 589 g/mol. The first-order chi connectivity index (χ1) is 18.2. The van der Waals surface area contributed by atoms with E-state index in [-0.39, 0.29) is 30.1 Å². The van der Waals surface area contributed by atoms with Crippen molar-refractivity contribution in [2.24, 2.45) is 0 Å². The van der Waals surface area contributed by atoms with Crippen LogP contribution in [0.25, 0.3) is 22.4 Å². The van der Waals surface area contributed by atoms with Crippen molar-refractivity contribution >= 4 is 27.9 Å². The number of aromatic nitrogens is 2. The number of alkyl carbamates (subject to hydrolysis) is 1. The van der Waals surface area contributed by atoms with Crippen LogP contribution < -0.4 is 5.32 Å². The van der Waals surface area contributed by atoms with Gasteiger partial charge in [-0.3, -0.25) is 4.79 Å². The van der Waals surface area contributed by atoms with Crippen LogP contribution in [0.1, 0.15) is 29.4 Å². The molecule has 38 heavy (non-hydrogen) atoms. The van der Waals surface area contributed by atoms with E-state index in [9.17, 15) is 9.59 Å². The fourth-order valence-corrected chi connectivity index (χ4v) is 5.75. The van der Waals surface area contributed by atoms with Crippen LogP contribution in [0.5, 0.6) is 0 Å². The third-order valence-electron chi connectivity index (χ3n) is 7.19. The normalized spacial score (nSPS) is 20.4. The second-order valence-electron chi connectivity index (χ2n) is 9.40. The molecule has 1 unspecified atom stereocenters. The number of alkyl halides is 2. The van der Waals surface area contributed by atoms with Crippen molar-refractivity contribution in [3.05, 3.63) is 64.0 Å². The number of hydrogen-bond donors (Lipinski definition) is 2. The number of carbonyl (C=O) groups is 2. The number of hydrogen-bond acceptors (Lipinski definition) is 6. The zero-order valence-corrected chi connectivity index (χ0v) is 21.8. The summed E-state index contributed by atoms with van der Waals surface area (Å²) in [6.45, 7) is 0.694. The first-order valence-corrected chi connectivity index (χ1v) is 12.8. The minimum absolute atomic E-state index is 0.0353. The number of likely N-dealkylation sites (tertiary alicyclic amines) is 1. The number of aromatic amines is 1. The Bertz CT molecular complexity index is 1440. The van der Waals surface area contributed by atoms with E-state index in [0.29, 0.717) is 52.3 Å². The van der Waals surface area contributed by atoms with Crippen molar-refractivity contribution in [2.75, 3.05) is 33.4 Å². The van der Waals surface area contributed by atoms with E-state index in [2.05, 4.69) is 36.0 Å². The van der Waals surface area contributed by atoms with Gasteiger partial charge in [-0.15, -0.1) is 0 Å². The highest BCUT2D eigenvalue weighted by Gasteiger charge is 2.51. The molecular weight excluding hydrogens is 566 g/mol. The number of nitrogens with one attached hydrogen (secondary N) is 2. The second kappa shape index (κ2) is 9.14. The van der Waals surface area contributed by atoms with Gasteiger partial charge in [-0.05, 0) is 29.3 Å². The summed E-state index contributed by atoms with van der Waals surface area (Å²) in [6, 6.07) is 9.29. The van der Waals surface area contributed by atoms with Crippen LogP contribution in [-0.4, -0.2) is 66.1 Å². The van der Waals surface area contributed by atoms with Crippen molar-refractivity contribution in [3.8, 4) is 22.4 Å². The second-order valence-corrected chi connectivity index (χ2v) is 10.3. The monoisotopic (exact) mass is 588 g/mol. The Morgan fingerprint density at radius 3 is 2.63 bits per heavy atom. The maximum absolute atomic E-state index is 15.4. The van der Waals surface area contributed by atoms with E-state index in [1.807, 2.05) is 0 Å². The zero-order valence-electron chi connectivity index (χ0n) is 20.2. The summed E-state index contributed by atoms with van der Waals surface area (Å²) in [7, 11) is 1.21. The Hall–Kier alpha value is -3.35. The van der Waals surface area contributed by atoms with Crippen LogP contribution in [0.15, 0.2) is 47.1 Å². The van der Waals surface area contributed by atoms with Crippen LogP contribution in [-0.2, 0) is 24.9 Å². The van der Waals surface area contributed by atoms with Crippen LogP contribution in [0, 0.1) is 0 Å². The molecule has 2 N–H and O–H groups in total. The molecule has 2 aromatic carbocycles. The molecule has 3 heterocycles. The summed E-state index contributed by atoms with van der Waals surface area (Å²) < 4.78 is 47.5. The fourth-order valence-electron chi connectivity index (χ4n) is 5.39. The van der Waals surface area contributed by atoms with Gasteiger partial charge >= 0.3 is 6.09 Å². The number of nitrogens with zero attached hydrogens (tertiary/aromatic N) is 2. The molecule has 0 bridgehead atoms. The minimum Gasteiger partial charge on any atom is -0.453 e. The van der Waals surface area contributed by atoms with Gasteiger partial charge in [0, 0.05) is 27.6 Å². The first-order valence-electron chi connectivity index (χ1n) is 12.0. The number of halogens is 3. The topological polar surface area (TPSA) is 106 Å². The van der Waals surface area contributed by atoms with Crippen molar-refractivity contribution in [3.63, 3.8) is 0 Å². The Kier molecular flexibility index (Phi) is 6.00. The number of methoxy groups -OCH3 is 1. The summed E-state index contributed by atoms with van der Waals surface area (Å²) in [4.78, 5) is 33.7. The maximum Gasteiger partial charge on any atom is 0.407 e. The van der Waals surface area contributed by atoms with Crippen LogP contribution in [0.4, 0.5) is 13.6 Å². The van der Waals surface area contributed by atoms with E-state index in [0.717, 1.165) is 0 Å². The molecule has 1 atom stereocenters. The maximum atomic E-state index is 15.4. The third kappa shape index (κ3) is 4.07. The molecule has 2 amide bonds. The molecule has 198 valence electrons. The molecule has 1 aliphatic carbocycles. The van der Waals surface area contributed by atoms with E-state index in [4.69, 9.17) is 9.47 Å². The Balaban J connectivity index is 1.30. The smallest absolute Gasteiger partial charge is 0.407 e. The standard InChI is InChI=1S/C26H23BrF2N4O5/c1-36-24(35)31-12-22(34)33-13-25(37-6-7-38-25)10-21(33)23-30-11-20(32-23)14-2-4-16-17-5-3-15(27)9-19(17)26(28,29)18(16)8-14/h2-5,8-9,11,21H,6-7,10,12-13H2,1H3,(H,30,32)(H,31,35). The fraction of sp³-hybridized carbons (Fsp3) is 0.346. The molecule has 3 aromatic rings. The molecule has 2 fully saturated rings. The van der Waals surface area contributed by atoms with Crippen molar-refractivity contribution in [1.29, 1.82) is 0 Å². The lowest BCUT2D eigenvalue weighted by atomic mass is 10.0. The van der Waals surface area contributed by atoms with E-state index in [1.165, 1.54) is 24.1 Å². The van der Waals surface area contributed by atoms with E-state index in [1.54, 1.807) is 30.5 Å². The Morgan fingerprint density at radius 2 is 1.89 bits per heavy atom. The number of H-pyrrole nitrogens is 1. The van der Waals surface area contributed by atoms with Gasteiger partial charge < -0.3 is 29.4 Å². The quantitative estimate of drug-likeness (QED) is 0.470. The number of rotatable bonds is 4. The van der Waals surface area contributed by atoms with Crippen molar-refractivity contribution < 1.29 is 32.6 Å². The highest BCUT2D eigenvalue weighted by Crippen LogP contribution is 2.52. The predicted molar refractivity (Wildman–Crippen MR) is 134 cm³/mol. The third-order valence-corrected chi connectivity index (χ3v) is 7.68. The van der Waals surface area contributed by atoms with E-state index >= 15 is 8.78 Å². The summed E-state index contributed by atoms with van der Waals surface area (Å²) in [5.74, 6) is -4.01.